The standard InChI is InChI=1S/C16H14O2/c1-15(12-17)16(18-15,13-8-4-2-5-9-13)14-10-6-3-7-11-14/h2-12H,1H3. The Hall–Kier alpha value is -1.93. The summed E-state index contributed by atoms with van der Waals surface area (Å²) in [4.78, 5) is 11.3. The lowest BCUT2D eigenvalue weighted by Crippen LogP contribution is -2.23. The van der Waals surface area contributed by atoms with Crippen molar-refractivity contribution < 1.29 is 9.53 Å². The molecule has 2 heteroatoms. The van der Waals surface area contributed by atoms with Gasteiger partial charge in [-0.3, -0.25) is 4.79 Å². The molecule has 2 aromatic rings. The van der Waals surface area contributed by atoms with Crippen LogP contribution in [0.5, 0.6) is 0 Å². The SMILES string of the molecule is CC1(C=O)OC1(c1ccccc1)c1ccccc1. The highest BCUT2D eigenvalue weighted by Gasteiger charge is 2.69. The number of aldehydes is 1. The second-order valence-electron chi connectivity index (χ2n) is 4.74. The van der Waals surface area contributed by atoms with E-state index in [1.165, 1.54) is 0 Å². The molecular weight excluding hydrogens is 224 g/mol. The maximum atomic E-state index is 11.3. The van der Waals surface area contributed by atoms with Crippen LogP contribution in [0.2, 0.25) is 0 Å². The van der Waals surface area contributed by atoms with Crippen LogP contribution < -0.4 is 0 Å². The normalized spacial score (nSPS) is 24.5. The Labute approximate surface area is 106 Å². The molecule has 0 saturated carbocycles. The van der Waals surface area contributed by atoms with Gasteiger partial charge in [0, 0.05) is 0 Å². The van der Waals surface area contributed by atoms with Crippen LogP contribution in [-0.2, 0) is 15.1 Å². The van der Waals surface area contributed by atoms with E-state index in [1.807, 2.05) is 67.6 Å². The number of ether oxygens (including phenoxy) is 1. The van der Waals surface area contributed by atoms with Crippen LogP contribution in [0, 0.1) is 0 Å². The fourth-order valence-corrected chi connectivity index (χ4v) is 2.60. The smallest absolute Gasteiger partial charge is 0.159 e. The number of hydrogen-bond donors (Lipinski definition) is 0. The second-order valence-corrected chi connectivity index (χ2v) is 4.74. The highest BCUT2D eigenvalue weighted by molar-refractivity contribution is 5.73. The molecule has 1 fully saturated rings. The average Bonchev–Trinajstić information content (AvgIpc) is 3.09. The van der Waals surface area contributed by atoms with Crippen molar-refractivity contribution in [2.75, 3.05) is 0 Å². The molecule has 2 aromatic carbocycles. The van der Waals surface area contributed by atoms with Crippen LogP contribution >= 0.6 is 0 Å². The molecule has 1 atom stereocenters. The fourth-order valence-electron chi connectivity index (χ4n) is 2.60. The predicted octanol–water partition coefficient (Wildman–Crippen LogP) is 2.92. The zero-order valence-electron chi connectivity index (χ0n) is 10.2. The Kier molecular flexibility index (Phi) is 2.35. The number of rotatable bonds is 3. The molecule has 0 radical (unpaired) electrons. The molecule has 0 bridgehead atoms. The maximum absolute atomic E-state index is 11.3. The highest BCUT2D eigenvalue weighted by atomic mass is 16.6. The Morgan fingerprint density at radius 3 is 1.67 bits per heavy atom. The summed E-state index contributed by atoms with van der Waals surface area (Å²) in [6.07, 6.45) is 0.896. The van der Waals surface area contributed by atoms with E-state index in [9.17, 15) is 4.79 Å². The lowest BCUT2D eigenvalue weighted by Gasteiger charge is -2.15. The largest absolute Gasteiger partial charge is 0.345 e. The number of carbonyl (C=O) groups is 1. The van der Waals surface area contributed by atoms with E-state index in [0.717, 1.165) is 17.4 Å². The molecule has 1 aliphatic heterocycles. The Balaban J connectivity index is 2.17. The van der Waals surface area contributed by atoms with Crippen molar-refractivity contribution in [3.63, 3.8) is 0 Å². The Morgan fingerprint density at radius 2 is 1.33 bits per heavy atom. The molecule has 18 heavy (non-hydrogen) atoms. The van der Waals surface area contributed by atoms with Crippen molar-refractivity contribution in [2.45, 2.75) is 18.1 Å². The minimum atomic E-state index is -0.768. The molecule has 0 spiro atoms. The Morgan fingerprint density at radius 1 is 0.889 bits per heavy atom. The van der Waals surface area contributed by atoms with Crippen molar-refractivity contribution in [1.82, 2.24) is 0 Å². The lowest BCUT2D eigenvalue weighted by molar-refractivity contribution is -0.111. The summed E-state index contributed by atoms with van der Waals surface area (Å²) in [7, 11) is 0. The first-order valence-electron chi connectivity index (χ1n) is 6.00. The summed E-state index contributed by atoms with van der Waals surface area (Å²) in [5.74, 6) is 0. The van der Waals surface area contributed by atoms with Gasteiger partial charge in [-0.2, -0.15) is 0 Å². The van der Waals surface area contributed by atoms with Crippen LogP contribution in [0.25, 0.3) is 0 Å². The lowest BCUT2D eigenvalue weighted by atomic mass is 9.82. The Bertz CT molecular complexity index is 523. The first kappa shape index (κ1) is 11.2. The zero-order valence-corrected chi connectivity index (χ0v) is 10.2. The molecule has 90 valence electrons. The van der Waals surface area contributed by atoms with E-state index in [4.69, 9.17) is 4.74 Å². The molecular formula is C16H14O2. The van der Waals surface area contributed by atoms with Gasteiger partial charge in [-0.25, -0.2) is 0 Å². The third-order valence-electron chi connectivity index (χ3n) is 3.61. The van der Waals surface area contributed by atoms with E-state index in [1.54, 1.807) is 0 Å². The molecule has 1 aliphatic rings. The van der Waals surface area contributed by atoms with Crippen molar-refractivity contribution in [1.29, 1.82) is 0 Å². The number of hydrogen-bond acceptors (Lipinski definition) is 2. The second kappa shape index (κ2) is 3.79. The van der Waals surface area contributed by atoms with Crippen molar-refractivity contribution in [3.8, 4) is 0 Å². The van der Waals surface area contributed by atoms with Crippen molar-refractivity contribution in [3.05, 3.63) is 71.8 Å². The summed E-state index contributed by atoms with van der Waals surface area (Å²) < 4.78 is 5.85. The van der Waals surface area contributed by atoms with Gasteiger partial charge in [0.2, 0.25) is 0 Å². The van der Waals surface area contributed by atoms with Gasteiger partial charge in [0.05, 0.1) is 0 Å². The maximum Gasteiger partial charge on any atom is 0.159 e. The molecule has 0 N–H and O–H groups in total. The van der Waals surface area contributed by atoms with E-state index in [0.29, 0.717) is 0 Å². The van der Waals surface area contributed by atoms with Gasteiger partial charge in [-0.05, 0) is 18.1 Å². The van der Waals surface area contributed by atoms with Gasteiger partial charge in [-0.1, -0.05) is 60.7 Å². The zero-order chi connectivity index (χ0) is 12.6. The quantitative estimate of drug-likeness (QED) is 0.608. The fraction of sp³-hybridized carbons (Fsp3) is 0.188. The van der Waals surface area contributed by atoms with Crippen LogP contribution in [-0.4, -0.2) is 11.9 Å². The molecule has 1 heterocycles. The first-order valence-corrected chi connectivity index (χ1v) is 6.00. The third kappa shape index (κ3) is 1.36. The van der Waals surface area contributed by atoms with Gasteiger partial charge in [0.15, 0.2) is 17.5 Å². The summed E-state index contributed by atoms with van der Waals surface area (Å²) in [5, 5.41) is 0. The number of carbonyl (C=O) groups excluding carboxylic acids is 1. The highest BCUT2D eigenvalue weighted by Crippen LogP contribution is 2.58. The van der Waals surface area contributed by atoms with Gasteiger partial charge in [0.1, 0.15) is 0 Å². The van der Waals surface area contributed by atoms with Gasteiger partial charge < -0.3 is 4.74 Å². The number of benzene rings is 2. The van der Waals surface area contributed by atoms with Crippen molar-refractivity contribution >= 4 is 6.29 Å². The van der Waals surface area contributed by atoms with Gasteiger partial charge in [0.25, 0.3) is 0 Å². The molecule has 0 aromatic heterocycles. The minimum absolute atomic E-state index is 0.628. The molecule has 1 saturated heterocycles. The molecule has 0 aliphatic carbocycles. The van der Waals surface area contributed by atoms with Gasteiger partial charge in [-0.15, -0.1) is 0 Å². The molecule has 2 nitrogen and oxygen atoms in total. The van der Waals surface area contributed by atoms with E-state index >= 15 is 0 Å². The van der Waals surface area contributed by atoms with Crippen LogP contribution in [0.3, 0.4) is 0 Å². The van der Waals surface area contributed by atoms with Gasteiger partial charge >= 0.3 is 0 Å². The predicted molar refractivity (Wildman–Crippen MR) is 69.2 cm³/mol. The molecule has 1 unspecified atom stereocenters. The minimum Gasteiger partial charge on any atom is -0.345 e. The summed E-state index contributed by atoms with van der Waals surface area (Å²) >= 11 is 0. The summed E-state index contributed by atoms with van der Waals surface area (Å²) in [6, 6.07) is 19.8. The molecule has 0 amide bonds. The van der Waals surface area contributed by atoms with E-state index < -0.39 is 11.2 Å². The third-order valence-corrected chi connectivity index (χ3v) is 3.61. The van der Waals surface area contributed by atoms with Crippen LogP contribution in [0.4, 0.5) is 0 Å². The number of epoxide rings is 1. The summed E-state index contributed by atoms with van der Waals surface area (Å²) in [6.45, 7) is 1.83. The molecule has 3 rings (SSSR count). The van der Waals surface area contributed by atoms with E-state index in [2.05, 4.69) is 0 Å². The van der Waals surface area contributed by atoms with E-state index in [-0.39, 0.29) is 0 Å². The average molecular weight is 238 g/mol. The monoisotopic (exact) mass is 238 g/mol. The first-order chi connectivity index (χ1) is 8.73. The van der Waals surface area contributed by atoms with Crippen molar-refractivity contribution in [2.24, 2.45) is 0 Å². The topological polar surface area (TPSA) is 29.6 Å². The van der Waals surface area contributed by atoms with Crippen LogP contribution in [0.1, 0.15) is 18.1 Å². The summed E-state index contributed by atoms with van der Waals surface area (Å²) in [5.41, 5.74) is 0.643. The van der Waals surface area contributed by atoms with Crippen LogP contribution in [0.15, 0.2) is 60.7 Å².